The maximum atomic E-state index is 16.8. The van der Waals surface area contributed by atoms with E-state index >= 15 is 17.6 Å². The van der Waals surface area contributed by atoms with Crippen LogP contribution in [-0.2, 0) is 10.2 Å². The molecule has 3 aromatic rings. The molecule has 208 valence electrons. The third-order valence-corrected chi connectivity index (χ3v) is 8.69. The fourth-order valence-corrected chi connectivity index (χ4v) is 7.01. The van der Waals surface area contributed by atoms with E-state index in [0.717, 1.165) is 25.7 Å². The van der Waals surface area contributed by atoms with Crippen molar-refractivity contribution in [2.24, 2.45) is 17.8 Å². The first-order chi connectivity index (χ1) is 19.3. The fourth-order valence-electron chi connectivity index (χ4n) is 7.01. The molecule has 0 aliphatic heterocycles. The second-order valence-electron chi connectivity index (χ2n) is 10.9. The molecule has 1 fully saturated rings. The number of hydrogen-bond acceptors (Lipinski definition) is 1. The normalized spacial score (nSPS) is 25.0. The standard InChI is InChI=1S/C34H32F4O2/c1-2-9-21-16-18-22(19-17-21)34(26-12-5-8-15-30(26)37)27(23-10-3-6-13-28(23)35)20-25(33(39)40)32(38)31(34)24-11-4-7-14-29(24)36/h3-8,10-15,20-22,25H,2,9,16-19H2,1H3,(H,39,40). The van der Waals surface area contributed by atoms with Crippen LogP contribution in [0.4, 0.5) is 17.6 Å². The predicted octanol–water partition coefficient (Wildman–Crippen LogP) is 9.13. The van der Waals surface area contributed by atoms with Crippen LogP contribution in [0.1, 0.15) is 62.1 Å². The molecule has 2 aliphatic rings. The van der Waals surface area contributed by atoms with E-state index in [0.29, 0.717) is 18.8 Å². The Balaban J connectivity index is 1.92. The lowest BCUT2D eigenvalue weighted by atomic mass is 9.52. The second-order valence-corrected chi connectivity index (χ2v) is 10.9. The van der Waals surface area contributed by atoms with Crippen LogP contribution in [0.15, 0.2) is 84.7 Å². The fraction of sp³-hybridized carbons (Fsp3) is 0.324. The molecule has 5 rings (SSSR count). The molecule has 2 nitrogen and oxygen atoms in total. The average Bonchev–Trinajstić information content (AvgIpc) is 2.94. The summed E-state index contributed by atoms with van der Waals surface area (Å²) < 4.78 is 64.1. The minimum Gasteiger partial charge on any atom is -0.480 e. The molecule has 3 aromatic carbocycles. The van der Waals surface area contributed by atoms with Gasteiger partial charge in [0.05, 0.1) is 5.41 Å². The summed E-state index contributed by atoms with van der Waals surface area (Å²) in [5, 5.41) is 10.1. The summed E-state index contributed by atoms with van der Waals surface area (Å²) in [6.07, 6.45) is 5.98. The van der Waals surface area contributed by atoms with E-state index in [1.807, 2.05) is 0 Å². The van der Waals surface area contributed by atoms with Crippen LogP contribution in [0.5, 0.6) is 0 Å². The highest BCUT2D eigenvalue weighted by molar-refractivity contribution is 5.99. The molecule has 1 saturated carbocycles. The van der Waals surface area contributed by atoms with Crippen molar-refractivity contribution in [2.45, 2.75) is 50.9 Å². The summed E-state index contributed by atoms with van der Waals surface area (Å²) in [6, 6.07) is 17.4. The van der Waals surface area contributed by atoms with Gasteiger partial charge in [-0.3, -0.25) is 4.79 Å². The Kier molecular flexibility index (Phi) is 7.97. The molecular weight excluding hydrogens is 516 g/mol. The smallest absolute Gasteiger partial charge is 0.317 e. The molecule has 0 bridgehead atoms. The maximum absolute atomic E-state index is 16.8. The number of carbonyl (C=O) groups is 1. The van der Waals surface area contributed by atoms with Gasteiger partial charge in [-0.1, -0.05) is 93.3 Å². The lowest BCUT2D eigenvalue weighted by molar-refractivity contribution is -0.139. The molecule has 2 atom stereocenters. The minimum absolute atomic E-state index is 0.0500. The highest BCUT2D eigenvalue weighted by atomic mass is 19.1. The molecule has 40 heavy (non-hydrogen) atoms. The van der Waals surface area contributed by atoms with Gasteiger partial charge in [-0.2, -0.15) is 0 Å². The molecule has 0 aromatic heterocycles. The van der Waals surface area contributed by atoms with Crippen molar-refractivity contribution in [1.82, 2.24) is 0 Å². The number of rotatable bonds is 7. The second kappa shape index (κ2) is 11.4. The van der Waals surface area contributed by atoms with Gasteiger partial charge in [-0.25, -0.2) is 17.6 Å². The predicted molar refractivity (Wildman–Crippen MR) is 148 cm³/mol. The van der Waals surface area contributed by atoms with Crippen molar-refractivity contribution in [3.8, 4) is 0 Å². The molecule has 2 aliphatic carbocycles. The van der Waals surface area contributed by atoms with Gasteiger partial charge in [0.2, 0.25) is 0 Å². The van der Waals surface area contributed by atoms with Crippen LogP contribution in [0.25, 0.3) is 11.1 Å². The minimum atomic E-state index is -1.79. The Labute approximate surface area is 232 Å². The topological polar surface area (TPSA) is 37.3 Å². The Bertz CT molecular complexity index is 1470. The van der Waals surface area contributed by atoms with Gasteiger partial charge in [0.15, 0.2) is 0 Å². The summed E-state index contributed by atoms with van der Waals surface area (Å²) in [6.45, 7) is 2.12. The van der Waals surface area contributed by atoms with Gasteiger partial charge in [0, 0.05) is 22.3 Å². The van der Waals surface area contributed by atoms with Gasteiger partial charge in [0.25, 0.3) is 0 Å². The summed E-state index contributed by atoms with van der Waals surface area (Å²) in [5.74, 6) is -6.39. The van der Waals surface area contributed by atoms with Gasteiger partial charge >= 0.3 is 5.97 Å². The first-order valence-electron chi connectivity index (χ1n) is 13.9. The summed E-state index contributed by atoms with van der Waals surface area (Å²) in [7, 11) is 0. The SMILES string of the molecule is CCCC1CCC(C2(c3ccccc3F)C(c3ccccc3F)=CC(C(=O)O)C(F)=C2c2ccccc2F)CC1. The molecule has 0 saturated heterocycles. The highest BCUT2D eigenvalue weighted by Crippen LogP contribution is 2.62. The number of benzene rings is 3. The van der Waals surface area contributed by atoms with E-state index in [1.165, 1.54) is 60.7 Å². The number of aliphatic carboxylic acids is 1. The number of allylic oxidation sites excluding steroid dienone is 2. The first-order valence-corrected chi connectivity index (χ1v) is 13.9. The molecule has 0 radical (unpaired) electrons. The van der Waals surface area contributed by atoms with E-state index in [1.54, 1.807) is 18.2 Å². The average molecular weight is 549 g/mol. The lowest BCUT2D eigenvalue weighted by Crippen LogP contribution is -2.44. The van der Waals surface area contributed by atoms with Crippen LogP contribution in [-0.4, -0.2) is 11.1 Å². The van der Waals surface area contributed by atoms with Crippen LogP contribution < -0.4 is 0 Å². The summed E-state index contributed by atoms with van der Waals surface area (Å²) in [5.41, 5.74) is -1.77. The van der Waals surface area contributed by atoms with Gasteiger partial charge in [-0.15, -0.1) is 0 Å². The van der Waals surface area contributed by atoms with Crippen molar-refractivity contribution in [2.75, 3.05) is 0 Å². The van der Waals surface area contributed by atoms with E-state index in [9.17, 15) is 9.90 Å². The monoisotopic (exact) mass is 548 g/mol. The Hall–Kier alpha value is -3.67. The van der Waals surface area contributed by atoms with Crippen LogP contribution >= 0.6 is 0 Å². The largest absolute Gasteiger partial charge is 0.480 e. The van der Waals surface area contributed by atoms with Crippen molar-refractivity contribution in [3.05, 3.63) is 119 Å². The molecule has 0 amide bonds. The van der Waals surface area contributed by atoms with Gasteiger partial charge in [0.1, 0.15) is 29.2 Å². The van der Waals surface area contributed by atoms with Crippen molar-refractivity contribution >= 4 is 17.1 Å². The van der Waals surface area contributed by atoms with E-state index in [4.69, 9.17) is 0 Å². The molecule has 6 heteroatoms. The van der Waals surface area contributed by atoms with Crippen LogP contribution in [0.3, 0.4) is 0 Å². The first kappa shape index (κ1) is 27.9. The van der Waals surface area contributed by atoms with E-state index in [2.05, 4.69) is 6.92 Å². The zero-order chi connectivity index (χ0) is 28.4. The summed E-state index contributed by atoms with van der Waals surface area (Å²) in [4.78, 5) is 12.4. The van der Waals surface area contributed by atoms with Crippen LogP contribution in [0, 0.1) is 35.2 Å². The lowest BCUT2D eigenvalue weighted by Gasteiger charge is -2.50. The van der Waals surface area contributed by atoms with Crippen LogP contribution in [0.2, 0.25) is 0 Å². The Morgan fingerprint density at radius 2 is 1.35 bits per heavy atom. The number of halogens is 4. The highest BCUT2D eigenvalue weighted by Gasteiger charge is 2.55. The van der Waals surface area contributed by atoms with Crippen molar-refractivity contribution in [1.29, 1.82) is 0 Å². The molecular formula is C34H32F4O2. The Morgan fingerprint density at radius 3 is 1.90 bits per heavy atom. The third-order valence-electron chi connectivity index (χ3n) is 8.69. The third kappa shape index (κ3) is 4.67. The number of hydrogen-bond donors (Lipinski definition) is 1. The quantitative estimate of drug-likeness (QED) is 0.299. The summed E-state index contributed by atoms with van der Waals surface area (Å²) >= 11 is 0. The van der Waals surface area contributed by atoms with Crippen molar-refractivity contribution in [3.63, 3.8) is 0 Å². The molecule has 0 heterocycles. The zero-order valence-corrected chi connectivity index (χ0v) is 22.3. The molecule has 1 N–H and O–H groups in total. The number of carboxylic acids is 1. The Morgan fingerprint density at radius 1 is 0.800 bits per heavy atom. The number of carboxylic acid groups (broad SMARTS) is 1. The zero-order valence-electron chi connectivity index (χ0n) is 22.3. The van der Waals surface area contributed by atoms with Gasteiger partial charge in [-0.05, 0) is 48.4 Å². The maximum Gasteiger partial charge on any atom is 0.317 e. The van der Waals surface area contributed by atoms with Crippen molar-refractivity contribution < 1.29 is 27.5 Å². The van der Waals surface area contributed by atoms with E-state index in [-0.39, 0.29) is 27.8 Å². The van der Waals surface area contributed by atoms with Gasteiger partial charge < -0.3 is 5.11 Å². The van der Waals surface area contributed by atoms with E-state index < -0.39 is 46.5 Å². The molecule has 0 spiro atoms. The molecule has 2 unspecified atom stereocenters.